The van der Waals surface area contributed by atoms with Crippen LogP contribution < -0.4 is 9.46 Å². The summed E-state index contributed by atoms with van der Waals surface area (Å²) in [5.74, 6) is -0.0870. The molecule has 0 aliphatic rings. The molecular weight excluding hydrogens is 438 g/mol. The van der Waals surface area contributed by atoms with Gasteiger partial charge in [0.15, 0.2) is 0 Å². The number of benzene rings is 1. The molecule has 0 saturated carbocycles. The molecule has 5 nitrogen and oxygen atoms in total. The summed E-state index contributed by atoms with van der Waals surface area (Å²) in [6, 6.07) is 3.56. The second-order valence-electron chi connectivity index (χ2n) is 4.84. The molecule has 0 aliphatic heterocycles. The number of hydrogen-bond donors (Lipinski definition) is 1. The summed E-state index contributed by atoms with van der Waals surface area (Å²) >= 11 is 12.4. The number of hydrogen-bond acceptors (Lipinski definition) is 5. The number of halogens is 5. The number of thiophene rings is 1. The van der Waals surface area contributed by atoms with Crippen LogP contribution in [0.2, 0.25) is 8.67 Å². The largest absolute Gasteiger partial charge is 0.489 e. The molecule has 0 unspecified atom stereocenters. The second kappa shape index (κ2) is 8.22. The maximum Gasteiger partial charge on any atom is 0.416 e. The van der Waals surface area contributed by atoms with Gasteiger partial charge in [-0.25, -0.2) is 8.42 Å². The van der Waals surface area contributed by atoms with E-state index in [0.717, 1.165) is 29.5 Å². The van der Waals surface area contributed by atoms with Crippen molar-refractivity contribution in [1.29, 1.82) is 0 Å². The molecule has 2 rings (SSSR count). The first-order valence-electron chi connectivity index (χ1n) is 6.85. The Kier molecular flexibility index (Phi) is 6.67. The number of methoxy groups -OCH3 is 1. The van der Waals surface area contributed by atoms with Crippen LogP contribution in [0.15, 0.2) is 29.2 Å². The molecule has 0 saturated heterocycles. The third-order valence-corrected chi connectivity index (χ3v) is 6.13. The number of rotatable bonds is 7. The molecule has 1 aromatic heterocycles. The minimum Gasteiger partial charge on any atom is -0.489 e. The van der Waals surface area contributed by atoms with Gasteiger partial charge in [-0.2, -0.15) is 13.2 Å². The lowest BCUT2D eigenvalue weighted by atomic mass is 10.2. The Hall–Kier alpha value is -1.20. The van der Waals surface area contributed by atoms with Crippen LogP contribution in [0, 0.1) is 0 Å². The SMILES string of the molecule is COCCOc1ccc(C(F)(F)F)cc1NS(=O)(=O)c1cc(Cl)sc1Cl. The van der Waals surface area contributed by atoms with Crippen molar-refractivity contribution in [2.75, 3.05) is 25.0 Å². The minimum absolute atomic E-state index is 0.0155. The van der Waals surface area contributed by atoms with E-state index in [1.54, 1.807) is 0 Å². The predicted molar refractivity (Wildman–Crippen MR) is 94.0 cm³/mol. The second-order valence-corrected chi connectivity index (χ2v) is 8.78. The monoisotopic (exact) mass is 449 g/mol. The third kappa shape index (κ3) is 5.17. The molecular formula is C14H12Cl2F3NO4S2. The lowest BCUT2D eigenvalue weighted by Gasteiger charge is -2.16. The van der Waals surface area contributed by atoms with Crippen LogP contribution in [-0.4, -0.2) is 28.7 Å². The summed E-state index contributed by atoms with van der Waals surface area (Å²) in [6.07, 6.45) is -4.66. The first kappa shape index (κ1) is 21.1. The topological polar surface area (TPSA) is 64.6 Å². The zero-order chi connectivity index (χ0) is 19.5. The summed E-state index contributed by atoms with van der Waals surface area (Å²) in [5, 5.41) is 0. The zero-order valence-electron chi connectivity index (χ0n) is 13.1. The molecule has 0 bridgehead atoms. The van der Waals surface area contributed by atoms with Crippen molar-refractivity contribution in [2.24, 2.45) is 0 Å². The summed E-state index contributed by atoms with van der Waals surface area (Å²) in [5.41, 5.74) is -1.42. The molecule has 26 heavy (non-hydrogen) atoms. The smallest absolute Gasteiger partial charge is 0.416 e. The van der Waals surface area contributed by atoms with E-state index in [0.29, 0.717) is 6.07 Å². The quantitative estimate of drug-likeness (QED) is 0.610. The average molecular weight is 450 g/mol. The highest BCUT2D eigenvalue weighted by Gasteiger charge is 2.32. The summed E-state index contributed by atoms with van der Waals surface area (Å²) in [6.45, 7) is 0.181. The van der Waals surface area contributed by atoms with E-state index >= 15 is 0 Å². The van der Waals surface area contributed by atoms with Gasteiger partial charge in [-0.3, -0.25) is 4.72 Å². The summed E-state index contributed by atoms with van der Waals surface area (Å²) in [7, 11) is -2.85. The van der Waals surface area contributed by atoms with Crippen molar-refractivity contribution in [3.63, 3.8) is 0 Å². The Balaban J connectivity index is 2.42. The summed E-state index contributed by atoms with van der Waals surface area (Å²) in [4.78, 5) is -0.339. The van der Waals surface area contributed by atoms with Crippen LogP contribution in [0.4, 0.5) is 18.9 Å². The number of sulfonamides is 1. The highest BCUT2D eigenvalue weighted by Crippen LogP contribution is 2.38. The van der Waals surface area contributed by atoms with Crippen molar-refractivity contribution in [1.82, 2.24) is 0 Å². The maximum absolute atomic E-state index is 13.0. The van der Waals surface area contributed by atoms with E-state index in [9.17, 15) is 21.6 Å². The Morgan fingerprint density at radius 3 is 2.42 bits per heavy atom. The fraction of sp³-hybridized carbons (Fsp3) is 0.286. The molecule has 0 amide bonds. The molecule has 12 heteroatoms. The van der Waals surface area contributed by atoms with Crippen molar-refractivity contribution in [3.05, 3.63) is 38.5 Å². The van der Waals surface area contributed by atoms with Gasteiger partial charge < -0.3 is 9.47 Å². The molecule has 2 aromatic rings. The Labute approximate surface area is 161 Å². The number of anilines is 1. The zero-order valence-corrected chi connectivity index (χ0v) is 16.2. The fourth-order valence-corrected chi connectivity index (χ4v) is 5.07. The van der Waals surface area contributed by atoms with E-state index in [1.807, 2.05) is 0 Å². The summed E-state index contributed by atoms with van der Waals surface area (Å²) < 4.78 is 76.0. The van der Waals surface area contributed by atoms with Gasteiger partial charge in [-0.1, -0.05) is 23.2 Å². The molecule has 1 N–H and O–H groups in total. The highest BCUT2D eigenvalue weighted by atomic mass is 35.5. The van der Waals surface area contributed by atoms with E-state index < -0.39 is 21.8 Å². The lowest BCUT2D eigenvalue weighted by molar-refractivity contribution is -0.137. The molecule has 0 radical (unpaired) electrons. The number of alkyl halides is 3. The van der Waals surface area contributed by atoms with Gasteiger partial charge >= 0.3 is 6.18 Å². The van der Waals surface area contributed by atoms with Gasteiger partial charge in [0.05, 0.1) is 22.2 Å². The molecule has 0 fully saturated rings. The van der Waals surface area contributed by atoms with Gasteiger partial charge in [0.1, 0.15) is 21.6 Å². The molecule has 0 spiro atoms. The maximum atomic E-state index is 13.0. The van der Waals surface area contributed by atoms with Crippen molar-refractivity contribution in [3.8, 4) is 5.75 Å². The Morgan fingerprint density at radius 2 is 1.88 bits per heavy atom. The first-order chi connectivity index (χ1) is 12.0. The van der Waals surface area contributed by atoms with Gasteiger partial charge in [0.2, 0.25) is 0 Å². The van der Waals surface area contributed by atoms with Crippen LogP contribution in [0.3, 0.4) is 0 Å². The predicted octanol–water partition coefficient (Wildman–Crippen LogP) is 4.90. The van der Waals surface area contributed by atoms with Crippen LogP contribution >= 0.6 is 34.5 Å². The first-order valence-corrected chi connectivity index (χ1v) is 9.91. The normalized spacial score (nSPS) is 12.2. The minimum atomic E-state index is -4.66. The van der Waals surface area contributed by atoms with Crippen molar-refractivity contribution >= 4 is 50.2 Å². The molecule has 0 aliphatic carbocycles. The van der Waals surface area contributed by atoms with E-state index in [4.69, 9.17) is 32.7 Å². The van der Waals surface area contributed by atoms with Crippen LogP contribution in [0.5, 0.6) is 5.75 Å². The van der Waals surface area contributed by atoms with E-state index in [-0.39, 0.29) is 38.2 Å². The van der Waals surface area contributed by atoms with Crippen molar-refractivity contribution in [2.45, 2.75) is 11.1 Å². The Bertz CT molecular complexity index is 885. The Morgan fingerprint density at radius 1 is 1.19 bits per heavy atom. The van der Waals surface area contributed by atoms with Gasteiger partial charge in [-0.15, -0.1) is 11.3 Å². The van der Waals surface area contributed by atoms with E-state index in [1.165, 1.54) is 7.11 Å². The third-order valence-electron chi connectivity index (χ3n) is 3.01. The molecule has 144 valence electrons. The van der Waals surface area contributed by atoms with Crippen LogP contribution in [-0.2, 0) is 20.9 Å². The number of nitrogens with one attached hydrogen (secondary N) is 1. The van der Waals surface area contributed by atoms with Gasteiger partial charge in [0, 0.05) is 7.11 Å². The molecule has 1 aromatic carbocycles. The fourth-order valence-electron chi connectivity index (χ4n) is 1.86. The number of ether oxygens (including phenoxy) is 2. The molecule has 0 atom stereocenters. The van der Waals surface area contributed by atoms with E-state index in [2.05, 4.69) is 4.72 Å². The van der Waals surface area contributed by atoms with Gasteiger partial charge in [0.25, 0.3) is 10.0 Å². The van der Waals surface area contributed by atoms with Crippen LogP contribution in [0.25, 0.3) is 0 Å². The lowest BCUT2D eigenvalue weighted by Crippen LogP contribution is -2.15. The van der Waals surface area contributed by atoms with Crippen LogP contribution in [0.1, 0.15) is 5.56 Å². The van der Waals surface area contributed by atoms with Crippen molar-refractivity contribution < 1.29 is 31.1 Å². The highest BCUT2D eigenvalue weighted by molar-refractivity contribution is 7.93. The van der Waals surface area contributed by atoms with Gasteiger partial charge in [-0.05, 0) is 24.3 Å². The average Bonchev–Trinajstić information content (AvgIpc) is 2.87. The standard InChI is InChI=1S/C14H12Cl2F3NO4S2/c1-23-4-5-24-10-3-2-8(14(17,18)19)6-9(10)20-26(21,22)11-7-12(15)25-13(11)16/h2-3,6-7,20H,4-5H2,1H3. The molecule has 1 heterocycles.